The summed E-state index contributed by atoms with van der Waals surface area (Å²) in [5.41, 5.74) is 35.9. The van der Waals surface area contributed by atoms with Gasteiger partial charge in [0.05, 0.1) is 6.04 Å². The number of nitrogens with zero attached hydrogens (tertiary/aromatic N) is 2. The number of primary amides is 1. The van der Waals surface area contributed by atoms with Crippen LogP contribution < -0.4 is 66.3 Å². The van der Waals surface area contributed by atoms with E-state index >= 15 is 0 Å². The maximum absolute atomic E-state index is 14.7. The number of amides is 7. The van der Waals surface area contributed by atoms with Crippen molar-refractivity contribution in [2.24, 2.45) is 56.2 Å². The van der Waals surface area contributed by atoms with E-state index in [1.165, 1.54) is 6.92 Å². The second kappa shape index (κ2) is 30.6. The molecule has 1 aliphatic rings. The molecule has 0 radical (unpaired) electrons. The molecule has 1 aliphatic heterocycles. The monoisotopic (exact) mass is 1060 g/mol. The molecule has 24 nitrogen and oxygen atoms in total. The SMILES string of the molecule is CC(=O)N[C@@H](CCCN=C(N)N)C(=O)N[C@H]1CCC(=O)NCCC[C@@H](C(N)=O)NC(=O)[C@H](Cc2c[nH]c3ccccc23)CC(=O)[C@H](CCCN=C(N)N)CC(=O)[C@@H](Cc2cccc(Cl)c2)NC(=O)[C@H](CCN)NC1=O. The van der Waals surface area contributed by atoms with Gasteiger partial charge in [0, 0.05) is 79.8 Å². The van der Waals surface area contributed by atoms with Crippen molar-refractivity contribution in [2.75, 3.05) is 26.2 Å². The molecule has 1 fully saturated rings. The lowest BCUT2D eigenvalue weighted by Crippen LogP contribution is -2.58. The lowest BCUT2D eigenvalue weighted by Gasteiger charge is -2.27. The molecule has 2 heterocycles. The van der Waals surface area contributed by atoms with Crippen molar-refractivity contribution in [1.29, 1.82) is 0 Å². The number of aliphatic imine (C=N–C) groups is 2. The number of para-hydroxylation sites is 1. The summed E-state index contributed by atoms with van der Waals surface area (Å²) in [6, 6.07) is 7.42. The van der Waals surface area contributed by atoms with E-state index in [0.717, 1.165) is 10.9 Å². The highest BCUT2D eigenvalue weighted by Gasteiger charge is 2.35. The fourth-order valence-electron chi connectivity index (χ4n) is 8.70. The minimum Gasteiger partial charge on any atom is -0.370 e. The quantitative estimate of drug-likeness (QED) is 0.0406. The van der Waals surface area contributed by atoms with E-state index in [9.17, 15) is 43.2 Å². The maximum atomic E-state index is 14.7. The number of ketones is 2. The Balaban J connectivity index is 1.77. The number of benzene rings is 2. The van der Waals surface area contributed by atoms with Gasteiger partial charge in [-0.05, 0) is 100 Å². The highest BCUT2D eigenvalue weighted by Crippen LogP contribution is 2.26. The molecule has 25 heteroatoms. The van der Waals surface area contributed by atoms with Crippen LogP contribution in [-0.4, -0.2) is 126 Å². The largest absolute Gasteiger partial charge is 0.370 e. The molecule has 408 valence electrons. The van der Waals surface area contributed by atoms with Crippen LogP contribution in [0.2, 0.25) is 5.02 Å². The van der Waals surface area contributed by atoms with Crippen molar-refractivity contribution in [2.45, 2.75) is 121 Å². The van der Waals surface area contributed by atoms with Crippen LogP contribution in [0.25, 0.3) is 10.9 Å². The number of hydrogen-bond acceptors (Lipinski definition) is 12. The smallest absolute Gasteiger partial charge is 0.243 e. The number of nitrogens with one attached hydrogen (secondary N) is 7. The molecule has 7 atom stereocenters. The normalized spacial score (nSPS) is 21.3. The second-order valence-electron chi connectivity index (χ2n) is 18.5. The Morgan fingerprint density at radius 3 is 2.15 bits per heavy atom. The zero-order chi connectivity index (χ0) is 55.0. The average molecular weight is 1060 g/mol. The Kier molecular flexibility index (Phi) is 24.4. The fraction of sp³-hybridized carbons (Fsp3) is 0.500. The van der Waals surface area contributed by atoms with Gasteiger partial charge in [-0.25, -0.2) is 0 Å². The van der Waals surface area contributed by atoms with E-state index in [-0.39, 0.29) is 115 Å². The van der Waals surface area contributed by atoms with Crippen LogP contribution >= 0.6 is 11.6 Å². The first-order chi connectivity index (χ1) is 35.7. The number of halogens is 1. The first kappa shape index (κ1) is 60.0. The Hall–Kier alpha value is -7.60. The first-order valence-corrected chi connectivity index (χ1v) is 25.3. The number of fused-ring (bicyclic) bond motifs is 1. The summed E-state index contributed by atoms with van der Waals surface area (Å²) < 4.78 is 0. The summed E-state index contributed by atoms with van der Waals surface area (Å²) in [6.45, 7) is 1.32. The van der Waals surface area contributed by atoms with Gasteiger partial charge in [0.2, 0.25) is 41.4 Å². The molecule has 0 unspecified atom stereocenters. The van der Waals surface area contributed by atoms with Gasteiger partial charge in [-0.15, -0.1) is 0 Å². The van der Waals surface area contributed by atoms with Gasteiger partial charge in [0.15, 0.2) is 17.7 Å². The fourth-order valence-corrected chi connectivity index (χ4v) is 8.91. The van der Waals surface area contributed by atoms with Gasteiger partial charge in [-0.2, -0.15) is 0 Å². The van der Waals surface area contributed by atoms with E-state index in [4.69, 9.17) is 46.0 Å². The predicted molar refractivity (Wildman–Crippen MR) is 283 cm³/mol. The van der Waals surface area contributed by atoms with Crippen LogP contribution in [0.4, 0.5) is 0 Å². The third-order valence-electron chi connectivity index (χ3n) is 12.6. The van der Waals surface area contributed by atoms with E-state index in [1.54, 1.807) is 30.5 Å². The molecule has 0 aliphatic carbocycles. The predicted octanol–water partition coefficient (Wildman–Crippen LogP) is -1.17. The number of carbonyl (C=O) groups excluding carboxylic acids is 9. The van der Waals surface area contributed by atoms with E-state index in [1.807, 2.05) is 24.3 Å². The lowest BCUT2D eigenvalue weighted by molar-refractivity contribution is -0.135. The number of aromatic amines is 1. The number of Topliss-reactive ketones (excluding diaryl/α,β-unsaturated/α-hetero) is 2. The maximum Gasteiger partial charge on any atom is 0.243 e. The molecule has 3 aromatic rings. The molecule has 19 N–H and O–H groups in total. The Morgan fingerprint density at radius 2 is 1.47 bits per heavy atom. The minimum atomic E-state index is -1.46. The molecule has 1 saturated heterocycles. The van der Waals surface area contributed by atoms with Crippen molar-refractivity contribution < 1.29 is 43.2 Å². The Morgan fingerprint density at radius 1 is 0.773 bits per heavy atom. The number of aromatic nitrogens is 1. The van der Waals surface area contributed by atoms with Crippen LogP contribution in [0.15, 0.2) is 64.7 Å². The van der Waals surface area contributed by atoms with Gasteiger partial charge in [0.25, 0.3) is 0 Å². The van der Waals surface area contributed by atoms with Crippen molar-refractivity contribution in [1.82, 2.24) is 36.9 Å². The second-order valence-corrected chi connectivity index (χ2v) is 19.0. The summed E-state index contributed by atoms with van der Waals surface area (Å²) in [7, 11) is 0. The zero-order valence-corrected chi connectivity index (χ0v) is 42.9. The van der Waals surface area contributed by atoms with Crippen LogP contribution in [-0.2, 0) is 56.0 Å². The highest BCUT2D eigenvalue weighted by atomic mass is 35.5. The van der Waals surface area contributed by atoms with Gasteiger partial charge < -0.3 is 71.3 Å². The van der Waals surface area contributed by atoms with Crippen molar-refractivity contribution in [3.05, 3.63) is 70.9 Å². The number of guanidine groups is 2. The molecule has 0 bridgehead atoms. The van der Waals surface area contributed by atoms with Crippen LogP contribution in [0.1, 0.15) is 88.7 Å². The van der Waals surface area contributed by atoms with Crippen LogP contribution in [0.3, 0.4) is 0 Å². The summed E-state index contributed by atoms with van der Waals surface area (Å²) in [5.74, 6) is -8.62. The standard InChI is InChI=1S/C50H72ClN15O9/c1-28(67)62-37(14-7-21-60-50(56)57)46(73)64-38-15-16-43(70)58-19-6-13-36(44(53)71)63-45(72)31(24-32-27-61-35-12-3-2-11-34(32)35)26-41(68)30(9-5-20-59-49(54)55)25-42(69)40(23-29-8-4-10-33(51)22-29)66-48(75)39(17-18-52)65-47(38)74/h2-4,8,10-12,22,27,30-31,36-40,61H,5-7,9,13-21,23-26,52H2,1H3,(H2,53,71)(H,58,70)(H,62,67)(H,63,72)(H,64,73)(H,65,74)(H,66,75)(H4,54,55,59)(H4,56,57,60)/t30-,31-,36+,37+,38+,39+,40-/m1/s1. The molecule has 75 heavy (non-hydrogen) atoms. The molecule has 7 amide bonds. The summed E-state index contributed by atoms with van der Waals surface area (Å²) in [4.78, 5) is 136. The number of H-pyrrole nitrogens is 1. The van der Waals surface area contributed by atoms with E-state index < -0.39 is 101 Å². The van der Waals surface area contributed by atoms with Crippen LogP contribution in [0.5, 0.6) is 0 Å². The number of rotatable bonds is 18. The summed E-state index contributed by atoms with van der Waals surface area (Å²) >= 11 is 6.35. The molecule has 4 rings (SSSR count). The van der Waals surface area contributed by atoms with Gasteiger partial charge in [-0.1, -0.05) is 41.9 Å². The van der Waals surface area contributed by atoms with Gasteiger partial charge >= 0.3 is 0 Å². The van der Waals surface area contributed by atoms with E-state index in [2.05, 4.69) is 46.9 Å². The average Bonchev–Trinajstić information content (AvgIpc) is 3.76. The topological polar surface area (TPSA) is 422 Å². The lowest BCUT2D eigenvalue weighted by atomic mass is 9.83. The minimum absolute atomic E-state index is 0.00399. The summed E-state index contributed by atoms with van der Waals surface area (Å²) in [5, 5.41) is 17.1. The summed E-state index contributed by atoms with van der Waals surface area (Å²) in [6.07, 6.45) is 0.905. The highest BCUT2D eigenvalue weighted by molar-refractivity contribution is 6.30. The Labute approximate surface area is 439 Å². The molecule has 0 spiro atoms. The zero-order valence-electron chi connectivity index (χ0n) is 42.2. The van der Waals surface area contributed by atoms with Gasteiger partial charge in [-0.3, -0.25) is 53.1 Å². The van der Waals surface area contributed by atoms with Crippen molar-refractivity contribution >= 4 is 87.3 Å². The molecule has 0 saturated carbocycles. The number of nitrogens with two attached hydrogens (primary N) is 6. The first-order valence-electron chi connectivity index (χ1n) is 24.9. The third-order valence-corrected chi connectivity index (χ3v) is 12.8. The molecule has 1 aromatic heterocycles. The molecule has 2 aromatic carbocycles. The molecular weight excluding hydrogens is 990 g/mol. The number of hydrogen-bond donors (Lipinski definition) is 13. The van der Waals surface area contributed by atoms with Crippen LogP contribution in [0, 0.1) is 11.8 Å². The van der Waals surface area contributed by atoms with Crippen molar-refractivity contribution in [3.8, 4) is 0 Å². The molecular formula is C50H72ClN15O9. The third kappa shape index (κ3) is 20.7. The van der Waals surface area contributed by atoms with Crippen molar-refractivity contribution in [3.63, 3.8) is 0 Å². The number of carbonyl (C=O) groups is 9. The van der Waals surface area contributed by atoms with Gasteiger partial charge in [0.1, 0.15) is 30.0 Å². The van der Waals surface area contributed by atoms with E-state index in [0.29, 0.717) is 16.1 Å². The Bertz CT molecular complexity index is 2550.